The number of nitrogens with one attached hydrogen (secondary N) is 1. The standard InChI is InChI=1S/C17H16F3N7O3S/c1-25-13(17(18,19)20)6-14(23-25)27-9-11(8-22-27)31(28,29)24-15-12(30-3)5-4-10-7-21-26(2)16(10)15/h4-9,24H,1-3H3. The van der Waals surface area contributed by atoms with Crippen LogP contribution in [0.2, 0.25) is 0 Å². The Bertz CT molecular complexity index is 1390. The van der Waals surface area contributed by atoms with E-state index in [0.29, 0.717) is 15.6 Å². The number of ether oxygens (including phenoxy) is 1. The van der Waals surface area contributed by atoms with Crippen LogP contribution in [0.15, 0.2) is 41.7 Å². The van der Waals surface area contributed by atoms with E-state index >= 15 is 0 Å². The van der Waals surface area contributed by atoms with Gasteiger partial charge in [0.25, 0.3) is 10.0 Å². The summed E-state index contributed by atoms with van der Waals surface area (Å²) in [6.45, 7) is 0. The lowest BCUT2D eigenvalue weighted by Crippen LogP contribution is -2.14. The summed E-state index contributed by atoms with van der Waals surface area (Å²) < 4.78 is 75.8. The van der Waals surface area contributed by atoms with Crippen molar-refractivity contribution >= 4 is 26.6 Å². The summed E-state index contributed by atoms with van der Waals surface area (Å²) in [6, 6.07) is 4.10. The molecule has 0 fully saturated rings. The molecule has 0 amide bonds. The van der Waals surface area contributed by atoms with Gasteiger partial charge in [0, 0.05) is 25.5 Å². The maximum absolute atomic E-state index is 13.0. The lowest BCUT2D eigenvalue weighted by molar-refractivity contribution is -0.143. The van der Waals surface area contributed by atoms with Gasteiger partial charge in [0.2, 0.25) is 0 Å². The quantitative estimate of drug-likeness (QED) is 0.495. The highest BCUT2D eigenvalue weighted by atomic mass is 32.2. The molecule has 0 aliphatic rings. The molecular weight excluding hydrogens is 439 g/mol. The smallest absolute Gasteiger partial charge is 0.433 e. The van der Waals surface area contributed by atoms with E-state index < -0.39 is 21.9 Å². The zero-order valence-corrected chi connectivity index (χ0v) is 17.2. The van der Waals surface area contributed by atoms with Gasteiger partial charge in [-0.1, -0.05) is 0 Å². The molecule has 1 aromatic carbocycles. The maximum Gasteiger partial charge on any atom is 0.433 e. The Balaban J connectivity index is 1.72. The van der Waals surface area contributed by atoms with Gasteiger partial charge in [-0.25, -0.2) is 13.1 Å². The van der Waals surface area contributed by atoms with Gasteiger partial charge in [0.15, 0.2) is 5.82 Å². The molecule has 0 saturated carbocycles. The number of benzene rings is 1. The first-order valence-corrected chi connectivity index (χ1v) is 10.2. The van der Waals surface area contributed by atoms with Crippen molar-refractivity contribution in [2.75, 3.05) is 11.8 Å². The van der Waals surface area contributed by atoms with Crippen molar-refractivity contribution in [1.29, 1.82) is 0 Å². The second-order valence-corrected chi connectivity index (χ2v) is 8.27. The first-order valence-electron chi connectivity index (χ1n) is 8.69. The molecule has 0 aliphatic carbocycles. The van der Waals surface area contributed by atoms with Gasteiger partial charge in [0.1, 0.15) is 22.0 Å². The summed E-state index contributed by atoms with van der Waals surface area (Å²) in [6.07, 6.45) is -0.952. The zero-order chi connectivity index (χ0) is 22.6. The van der Waals surface area contributed by atoms with E-state index in [4.69, 9.17) is 4.74 Å². The van der Waals surface area contributed by atoms with Crippen molar-refractivity contribution in [2.24, 2.45) is 14.1 Å². The Hall–Kier alpha value is -3.55. The lowest BCUT2D eigenvalue weighted by Gasteiger charge is -2.13. The van der Waals surface area contributed by atoms with Crippen LogP contribution in [0.25, 0.3) is 16.7 Å². The number of methoxy groups -OCH3 is 1. The molecule has 164 valence electrons. The van der Waals surface area contributed by atoms with Crippen LogP contribution < -0.4 is 9.46 Å². The molecule has 3 heterocycles. The van der Waals surface area contributed by atoms with Crippen LogP contribution in [0.4, 0.5) is 18.9 Å². The summed E-state index contributed by atoms with van der Waals surface area (Å²) in [4.78, 5) is -0.270. The molecular formula is C17H16F3N7O3S. The van der Waals surface area contributed by atoms with Crippen molar-refractivity contribution in [3.05, 3.63) is 42.5 Å². The number of sulfonamides is 1. The second-order valence-electron chi connectivity index (χ2n) is 6.58. The topological polar surface area (TPSA) is 109 Å². The Kier molecular flexibility index (Phi) is 4.68. The molecule has 31 heavy (non-hydrogen) atoms. The molecule has 14 heteroatoms. The Labute approximate surface area is 173 Å². The van der Waals surface area contributed by atoms with Crippen LogP contribution in [0.5, 0.6) is 5.75 Å². The molecule has 4 rings (SSSR count). The summed E-state index contributed by atoms with van der Waals surface area (Å²) >= 11 is 0. The minimum absolute atomic E-state index is 0.171. The van der Waals surface area contributed by atoms with Gasteiger partial charge < -0.3 is 4.74 Å². The molecule has 0 unspecified atom stereocenters. The fourth-order valence-corrected chi connectivity index (χ4v) is 4.12. The molecule has 0 radical (unpaired) electrons. The molecule has 4 aromatic rings. The molecule has 0 saturated heterocycles. The van der Waals surface area contributed by atoms with E-state index in [1.807, 2.05) is 0 Å². The fraction of sp³-hybridized carbons (Fsp3) is 0.235. The SMILES string of the molecule is COc1ccc2cnn(C)c2c1NS(=O)(=O)c1cnn(-c2cc(C(F)(F)F)n(C)n2)c1. The number of alkyl halides is 3. The highest BCUT2D eigenvalue weighted by molar-refractivity contribution is 7.92. The zero-order valence-electron chi connectivity index (χ0n) is 16.4. The molecule has 3 aromatic heterocycles. The van der Waals surface area contributed by atoms with E-state index in [1.54, 1.807) is 25.4 Å². The molecule has 0 aliphatic heterocycles. The summed E-state index contributed by atoms with van der Waals surface area (Å²) in [7, 11) is 0.0178. The van der Waals surface area contributed by atoms with Crippen LogP contribution in [0.3, 0.4) is 0 Å². The Morgan fingerprint density at radius 1 is 1.10 bits per heavy atom. The highest BCUT2D eigenvalue weighted by Crippen LogP contribution is 2.35. The predicted molar refractivity (Wildman–Crippen MR) is 103 cm³/mol. The third-order valence-corrected chi connectivity index (χ3v) is 5.89. The average Bonchev–Trinajstić information content (AvgIpc) is 3.40. The molecule has 10 nitrogen and oxygen atoms in total. The maximum atomic E-state index is 13.0. The van der Waals surface area contributed by atoms with Gasteiger partial charge in [-0.05, 0) is 12.1 Å². The van der Waals surface area contributed by atoms with Crippen LogP contribution in [-0.2, 0) is 30.3 Å². The molecule has 0 bridgehead atoms. The number of anilines is 1. The Morgan fingerprint density at radius 3 is 2.48 bits per heavy atom. The minimum Gasteiger partial charge on any atom is -0.494 e. The Morgan fingerprint density at radius 2 is 1.84 bits per heavy atom. The summed E-state index contributed by atoms with van der Waals surface area (Å²) in [5.41, 5.74) is -0.326. The first-order chi connectivity index (χ1) is 14.5. The number of nitrogens with zero attached hydrogens (tertiary/aromatic N) is 6. The summed E-state index contributed by atoms with van der Waals surface area (Å²) in [5.74, 6) is 0.0919. The highest BCUT2D eigenvalue weighted by Gasteiger charge is 2.35. The first kappa shape index (κ1) is 20.7. The van der Waals surface area contributed by atoms with Gasteiger partial charge in [0.05, 0.1) is 31.2 Å². The van der Waals surface area contributed by atoms with E-state index in [-0.39, 0.29) is 22.2 Å². The lowest BCUT2D eigenvalue weighted by atomic mass is 10.2. The normalized spacial score (nSPS) is 12.5. The van der Waals surface area contributed by atoms with E-state index in [2.05, 4.69) is 20.0 Å². The van der Waals surface area contributed by atoms with Crippen LogP contribution in [0.1, 0.15) is 5.69 Å². The van der Waals surface area contributed by atoms with Crippen LogP contribution in [0, 0.1) is 0 Å². The van der Waals surface area contributed by atoms with Crippen molar-refractivity contribution in [3.63, 3.8) is 0 Å². The molecule has 1 N–H and O–H groups in total. The van der Waals surface area contributed by atoms with Crippen LogP contribution in [-0.4, -0.2) is 44.9 Å². The van der Waals surface area contributed by atoms with Crippen molar-refractivity contribution in [1.82, 2.24) is 29.3 Å². The van der Waals surface area contributed by atoms with Gasteiger partial charge >= 0.3 is 6.18 Å². The van der Waals surface area contributed by atoms with E-state index in [9.17, 15) is 21.6 Å². The molecule has 0 atom stereocenters. The number of halogens is 3. The number of hydrogen-bond donors (Lipinski definition) is 1. The van der Waals surface area contributed by atoms with Crippen molar-refractivity contribution in [2.45, 2.75) is 11.1 Å². The third kappa shape index (κ3) is 3.58. The second kappa shape index (κ2) is 7.01. The number of aromatic nitrogens is 6. The minimum atomic E-state index is -4.61. The van der Waals surface area contributed by atoms with Gasteiger partial charge in [-0.3, -0.25) is 14.1 Å². The monoisotopic (exact) mass is 455 g/mol. The summed E-state index contributed by atoms with van der Waals surface area (Å²) in [5, 5.41) is 12.4. The number of hydrogen-bond acceptors (Lipinski definition) is 6. The largest absolute Gasteiger partial charge is 0.494 e. The number of rotatable bonds is 5. The van der Waals surface area contributed by atoms with Crippen LogP contribution >= 0.6 is 0 Å². The van der Waals surface area contributed by atoms with Gasteiger partial charge in [-0.15, -0.1) is 0 Å². The van der Waals surface area contributed by atoms with E-state index in [1.165, 1.54) is 11.8 Å². The number of fused-ring (bicyclic) bond motifs is 1. The average molecular weight is 455 g/mol. The fourth-order valence-electron chi connectivity index (χ4n) is 3.11. The molecule has 0 spiro atoms. The predicted octanol–water partition coefficient (Wildman–Crippen LogP) is 2.32. The van der Waals surface area contributed by atoms with Crippen molar-refractivity contribution in [3.8, 4) is 11.6 Å². The van der Waals surface area contributed by atoms with E-state index in [0.717, 1.165) is 30.2 Å². The number of aryl methyl sites for hydroxylation is 2. The van der Waals surface area contributed by atoms with Crippen molar-refractivity contribution < 1.29 is 26.3 Å². The third-order valence-electron chi connectivity index (χ3n) is 4.58. The van der Waals surface area contributed by atoms with Gasteiger partial charge in [-0.2, -0.15) is 28.5 Å².